The largest absolute Gasteiger partial charge is 0.474 e. The predicted octanol–water partition coefficient (Wildman–Crippen LogP) is 0.288. The van der Waals surface area contributed by atoms with Crippen LogP contribution >= 0.6 is 0 Å². The molecule has 15 heavy (non-hydrogen) atoms. The van der Waals surface area contributed by atoms with E-state index in [2.05, 4.69) is 14.7 Å². The third kappa shape index (κ3) is 3.51. The topological polar surface area (TPSA) is 70.5 Å². The first kappa shape index (κ1) is 11.4. The molecule has 1 heterocycles. The third-order valence-corrected chi connectivity index (χ3v) is 1.54. The van der Waals surface area contributed by atoms with E-state index in [1.54, 1.807) is 7.11 Å². The Balaban J connectivity index is 2.62. The summed E-state index contributed by atoms with van der Waals surface area (Å²) in [6, 6.07) is 0. The van der Waals surface area contributed by atoms with Crippen LogP contribution < -0.4 is 4.74 Å². The molecule has 0 atom stereocenters. The Labute approximate surface area is 87.2 Å². The molecule has 6 nitrogen and oxygen atoms in total. The number of carbonyl (C=O) groups excluding carboxylic acids is 1. The summed E-state index contributed by atoms with van der Waals surface area (Å²) in [4.78, 5) is 18.8. The predicted molar refractivity (Wildman–Crippen MR) is 50.7 cm³/mol. The Morgan fingerprint density at radius 3 is 2.80 bits per heavy atom. The van der Waals surface area contributed by atoms with Gasteiger partial charge in [0.25, 0.3) is 0 Å². The van der Waals surface area contributed by atoms with Crippen molar-refractivity contribution in [2.45, 2.75) is 0 Å². The van der Waals surface area contributed by atoms with Crippen molar-refractivity contribution in [3.8, 4) is 5.88 Å². The molecular formula is C9H12N2O4. The van der Waals surface area contributed by atoms with Crippen LogP contribution in [0.1, 0.15) is 10.5 Å². The van der Waals surface area contributed by atoms with Crippen molar-refractivity contribution in [2.24, 2.45) is 0 Å². The SMILES string of the molecule is COCCOc1cncc(C(=O)OC)n1. The Kier molecular flexibility index (Phi) is 4.49. The number of ether oxygens (including phenoxy) is 3. The number of aromatic nitrogens is 2. The van der Waals surface area contributed by atoms with Crippen molar-refractivity contribution in [1.29, 1.82) is 0 Å². The minimum atomic E-state index is -0.542. The summed E-state index contributed by atoms with van der Waals surface area (Å²) in [5, 5.41) is 0. The van der Waals surface area contributed by atoms with Crippen LogP contribution in [0.15, 0.2) is 12.4 Å². The molecule has 6 heteroatoms. The van der Waals surface area contributed by atoms with E-state index in [-0.39, 0.29) is 11.6 Å². The highest BCUT2D eigenvalue weighted by Gasteiger charge is 2.08. The molecule has 0 amide bonds. The van der Waals surface area contributed by atoms with Gasteiger partial charge in [0.05, 0.1) is 26.1 Å². The lowest BCUT2D eigenvalue weighted by Crippen LogP contribution is -2.09. The highest BCUT2D eigenvalue weighted by atomic mass is 16.5. The number of hydrogen-bond donors (Lipinski definition) is 0. The maximum atomic E-state index is 11.1. The van der Waals surface area contributed by atoms with Crippen molar-refractivity contribution in [3.05, 3.63) is 18.1 Å². The van der Waals surface area contributed by atoms with E-state index < -0.39 is 5.97 Å². The maximum absolute atomic E-state index is 11.1. The van der Waals surface area contributed by atoms with E-state index >= 15 is 0 Å². The van der Waals surface area contributed by atoms with Gasteiger partial charge in [0, 0.05) is 7.11 Å². The molecule has 82 valence electrons. The van der Waals surface area contributed by atoms with E-state index in [9.17, 15) is 4.79 Å². The first-order valence-electron chi connectivity index (χ1n) is 4.30. The lowest BCUT2D eigenvalue weighted by Gasteiger charge is -2.04. The van der Waals surface area contributed by atoms with Crippen molar-refractivity contribution in [3.63, 3.8) is 0 Å². The van der Waals surface area contributed by atoms with Crippen molar-refractivity contribution in [2.75, 3.05) is 27.4 Å². The summed E-state index contributed by atoms with van der Waals surface area (Å²) in [6.07, 6.45) is 2.73. The monoisotopic (exact) mass is 212 g/mol. The maximum Gasteiger partial charge on any atom is 0.358 e. The van der Waals surface area contributed by atoms with Crippen LogP contribution in [0.3, 0.4) is 0 Å². The van der Waals surface area contributed by atoms with Crippen LogP contribution in [0.4, 0.5) is 0 Å². The molecule has 0 bridgehead atoms. The van der Waals surface area contributed by atoms with E-state index in [0.29, 0.717) is 13.2 Å². The molecule has 0 saturated heterocycles. The van der Waals surface area contributed by atoms with Crippen LogP contribution in [0.2, 0.25) is 0 Å². The van der Waals surface area contributed by atoms with Crippen LogP contribution in [-0.2, 0) is 9.47 Å². The zero-order valence-electron chi connectivity index (χ0n) is 8.60. The standard InChI is InChI=1S/C9H12N2O4/c1-13-3-4-15-8-6-10-5-7(11-8)9(12)14-2/h5-6H,3-4H2,1-2H3. The molecule has 0 unspecified atom stereocenters. The van der Waals surface area contributed by atoms with Gasteiger partial charge in [-0.05, 0) is 0 Å². The number of methoxy groups -OCH3 is 2. The van der Waals surface area contributed by atoms with Crippen LogP contribution in [0.5, 0.6) is 5.88 Å². The molecule has 1 aromatic heterocycles. The molecule has 0 radical (unpaired) electrons. The first-order valence-corrected chi connectivity index (χ1v) is 4.30. The van der Waals surface area contributed by atoms with E-state index in [1.807, 2.05) is 0 Å². The van der Waals surface area contributed by atoms with E-state index in [1.165, 1.54) is 19.5 Å². The summed E-state index contributed by atoms with van der Waals surface area (Å²) in [5.74, 6) is -0.269. The number of esters is 1. The van der Waals surface area contributed by atoms with Gasteiger partial charge in [0.1, 0.15) is 6.61 Å². The molecule has 0 N–H and O–H groups in total. The molecule has 0 aliphatic rings. The Morgan fingerprint density at radius 2 is 2.13 bits per heavy atom. The molecule has 0 aliphatic carbocycles. The van der Waals surface area contributed by atoms with Crippen LogP contribution in [0, 0.1) is 0 Å². The fraction of sp³-hybridized carbons (Fsp3) is 0.444. The Morgan fingerprint density at radius 1 is 1.33 bits per heavy atom. The van der Waals surface area contributed by atoms with Crippen molar-refractivity contribution >= 4 is 5.97 Å². The Bertz CT molecular complexity index is 330. The second-order valence-corrected chi connectivity index (χ2v) is 2.58. The minimum absolute atomic E-state index is 0.118. The summed E-state index contributed by atoms with van der Waals surface area (Å²) in [7, 11) is 2.85. The van der Waals surface area contributed by atoms with Crippen molar-refractivity contribution in [1.82, 2.24) is 9.97 Å². The van der Waals surface area contributed by atoms with Gasteiger partial charge in [0.2, 0.25) is 5.88 Å². The van der Waals surface area contributed by atoms with Gasteiger partial charge >= 0.3 is 5.97 Å². The molecule has 0 aromatic carbocycles. The second-order valence-electron chi connectivity index (χ2n) is 2.58. The third-order valence-electron chi connectivity index (χ3n) is 1.54. The fourth-order valence-electron chi connectivity index (χ4n) is 0.850. The fourth-order valence-corrected chi connectivity index (χ4v) is 0.850. The molecule has 1 rings (SSSR count). The summed E-state index contributed by atoms with van der Waals surface area (Å²) >= 11 is 0. The minimum Gasteiger partial charge on any atom is -0.474 e. The number of nitrogens with zero attached hydrogens (tertiary/aromatic N) is 2. The quantitative estimate of drug-likeness (QED) is 0.516. The average Bonchev–Trinajstić information content (AvgIpc) is 2.29. The lowest BCUT2D eigenvalue weighted by atomic mass is 10.4. The molecule has 0 fully saturated rings. The average molecular weight is 212 g/mol. The van der Waals surface area contributed by atoms with Gasteiger partial charge < -0.3 is 14.2 Å². The zero-order chi connectivity index (χ0) is 11.1. The molecule has 0 saturated carbocycles. The normalized spacial score (nSPS) is 9.73. The number of carbonyl (C=O) groups is 1. The zero-order valence-corrected chi connectivity index (χ0v) is 8.60. The summed E-state index contributed by atoms with van der Waals surface area (Å²) in [5.41, 5.74) is 0.118. The van der Waals surface area contributed by atoms with E-state index in [0.717, 1.165) is 0 Å². The molecule has 0 spiro atoms. The van der Waals surface area contributed by atoms with E-state index in [4.69, 9.17) is 9.47 Å². The van der Waals surface area contributed by atoms with Gasteiger partial charge in [-0.3, -0.25) is 4.98 Å². The van der Waals surface area contributed by atoms with Crippen LogP contribution in [0.25, 0.3) is 0 Å². The lowest BCUT2D eigenvalue weighted by molar-refractivity contribution is 0.0591. The van der Waals surface area contributed by atoms with Gasteiger partial charge in [-0.2, -0.15) is 0 Å². The molecule has 1 aromatic rings. The number of rotatable bonds is 5. The smallest absolute Gasteiger partial charge is 0.358 e. The van der Waals surface area contributed by atoms with Crippen LogP contribution in [-0.4, -0.2) is 43.4 Å². The van der Waals surface area contributed by atoms with Gasteiger partial charge in [-0.15, -0.1) is 0 Å². The highest BCUT2D eigenvalue weighted by molar-refractivity contribution is 5.86. The van der Waals surface area contributed by atoms with Gasteiger partial charge in [-0.1, -0.05) is 0 Å². The molecule has 0 aliphatic heterocycles. The second kappa shape index (κ2) is 5.92. The Hall–Kier alpha value is -1.69. The van der Waals surface area contributed by atoms with Crippen molar-refractivity contribution < 1.29 is 19.0 Å². The highest BCUT2D eigenvalue weighted by Crippen LogP contribution is 2.05. The summed E-state index contributed by atoms with van der Waals surface area (Å²) < 4.78 is 14.5. The van der Waals surface area contributed by atoms with Gasteiger partial charge in [-0.25, -0.2) is 9.78 Å². The summed E-state index contributed by atoms with van der Waals surface area (Å²) in [6.45, 7) is 0.805. The first-order chi connectivity index (χ1) is 7.27. The van der Waals surface area contributed by atoms with Gasteiger partial charge in [0.15, 0.2) is 5.69 Å². The molecular weight excluding hydrogens is 200 g/mol. The number of hydrogen-bond acceptors (Lipinski definition) is 6.